The van der Waals surface area contributed by atoms with Gasteiger partial charge in [-0.1, -0.05) is 163 Å². The van der Waals surface area contributed by atoms with Gasteiger partial charge in [0.25, 0.3) is 0 Å². The molecule has 0 radical (unpaired) electrons. The van der Waals surface area contributed by atoms with E-state index < -0.39 is 0 Å². The molecule has 54 heavy (non-hydrogen) atoms. The summed E-state index contributed by atoms with van der Waals surface area (Å²) in [5, 5.41) is 0. The van der Waals surface area contributed by atoms with E-state index in [1.54, 1.807) is 38.5 Å². The summed E-state index contributed by atoms with van der Waals surface area (Å²) in [6.45, 7) is 45.4. The van der Waals surface area contributed by atoms with E-state index in [-0.39, 0.29) is 0 Å². The number of rotatable bonds is 6. The van der Waals surface area contributed by atoms with Gasteiger partial charge in [0.05, 0.1) is 0 Å². The summed E-state index contributed by atoms with van der Waals surface area (Å²) in [5.74, 6) is 18.8. The lowest BCUT2D eigenvalue weighted by Crippen LogP contribution is -2.46. The molecule has 0 nitrogen and oxygen atoms in total. The highest BCUT2D eigenvalue weighted by Crippen LogP contribution is 2.78. The van der Waals surface area contributed by atoms with Gasteiger partial charge in [-0.15, -0.1) is 0 Å². The highest BCUT2D eigenvalue weighted by Gasteiger charge is 2.71. The summed E-state index contributed by atoms with van der Waals surface area (Å²) < 4.78 is 0. The van der Waals surface area contributed by atoms with E-state index in [0.29, 0.717) is 32.5 Å². The van der Waals surface area contributed by atoms with Crippen molar-refractivity contribution in [2.75, 3.05) is 0 Å². The minimum atomic E-state index is 0.564. The smallest absolute Gasteiger partial charge is 0.0269 e. The zero-order valence-electron chi connectivity index (χ0n) is 39.9. The molecule has 0 heteroatoms. The van der Waals surface area contributed by atoms with E-state index in [1.807, 2.05) is 0 Å². The summed E-state index contributed by atoms with van der Waals surface area (Å²) in [5.41, 5.74) is 3.39. The molecule has 0 saturated heterocycles. The van der Waals surface area contributed by atoms with Crippen LogP contribution in [0.4, 0.5) is 0 Å². The van der Waals surface area contributed by atoms with E-state index in [4.69, 9.17) is 0 Å². The first-order valence-electron chi connectivity index (χ1n) is 25.1. The Morgan fingerprint density at radius 1 is 0.241 bits per heavy atom. The Labute approximate surface area is 339 Å². The normalized spacial score (nSPS) is 51.7. The Hall–Kier alpha value is 0. The van der Waals surface area contributed by atoms with Gasteiger partial charge >= 0.3 is 0 Å². The largest absolute Gasteiger partial charge is 0.0651 e. The first kappa shape index (κ1) is 42.1. The molecule has 18 unspecified atom stereocenters. The Morgan fingerprint density at radius 2 is 0.370 bits per heavy atom. The third kappa shape index (κ3) is 5.35. The lowest BCUT2D eigenvalue weighted by Gasteiger charge is -2.52. The van der Waals surface area contributed by atoms with Gasteiger partial charge in [0.2, 0.25) is 0 Å². The molecule has 9 aliphatic rings. The maximum absolute atomic E-state index is 2.57. The van der Waals surface area contributed by atoms with Gasteiger partial charge in [0.15, 0.2) is 0 Å². The van der Waals surface area contributed by atoms with E-state index in [2.05, 4.69) is 125 Å². The minimum absolute atomic E-state index is 0.564. The lowest BCUT2D eigenvalue weighted by atomic mass is 9.53. The van der Waals surface area contributed by atoms with Gasteiger partial charge < -0.3 is 0 Å². The average molecular weight is 745 g/mol. The van der Waals surface area contributed by atoms with Gasteiger partial charge in [-0.2, -0.15) is 0 Å². The van der Waals surface area contributed by atoms with Gasteiger partial charge in [-0.25, -0.2) is 0 Å². The molecule has 9 rings (SSSR count). The second-order valence-corrected chi connectivity index (χ2v) is 25.9. The molecule has 0 aromatic rings. The molecule has 0 amide bonds. The SMILES string of the molecule is CCC1CC(CC)C2C1C1CC2C(C)(C)C1(C)C.CCC1CC(CC)C2C1C1CC2C(C)(C)C1(C)C.CCC1CC(CC)C2C1C1CC2C(C)(C)C1(C)C. The zero-order valence-corrected chi connectivity index (χ0v) is 39.9. The second-order valence-electron chi connectivity index (χ2n) is 25.9. The average Bonchev–Trinajstić information content (AvgIpc) is 3.96. The van der Waals surface area contributed by atoms with E-state index in [9.17, 15) is 0 Å². The van der Waals surface area contributed by atoms with E-state index >= 15 is 0 Å². The van der Waals surface area contributed by atoms with Crippen molar-refractivity contribution < 1.29 is 0 Å². The molecule has 0 spiro atoms. The van der Waals surface area contributed by atoms with Crippen LogP contribution in [-0.2, 0) is 0 Å². The standard InChI is InChI=1S/3C18H32/c3*1-7-11-9-12(8-2)16-14-10-13(15(11)16)17(3,4)18(14,5)6/h3*11-16H,7-10H2,1-6H3. The van der Waals surface area contributed by atoms with Crippen molar-refractivity contribution in [3.05, 3.63) is 0 Å². The molecule has 9 fully saturated rings. The van der Waals surface area contributed by atoms with Gasteiger partial charge in [0.1, 0.15) is 0 Å². The molecule has 0 N–H and O–H groups in total. The second kappa shape index (κ2) is 13.8. The monoisotopic (exact) mass is 745 g/mol. The first-order chi connectivity index (χ1) is 25.1. The molecule has 9 saturated carbocycles. The molecular formula is C54H96. The quantitative estimate of drug-likeness (QED) is 0.254. The summed E-state index contributed by atoms with van der Waals surface area (Å²) >= 11 is 0. The fourth-order valence-corrected chi connectivity index (χ4v) is 19.5. The van der Waals surface area contributed by atoms with Gasteiger partial charge in [-0.05, 0) is 178 Å². The highest BCUT2D eigenvalue weighted by atomic mass is 14.8. The van der Waals surface area contributed by atoms with Crippen LogP contribution in [0.2, 0.25) is 0 Å². The first-order valence-corrected chi connectivity index (χ1v) is 25.1. The number of hydrogen-bond donors (Lipinski definition) is 0. The molecule has 0 aliphatic heterocycles. The van der Waals surface area contributed by atoms with Crippen LogP contribution in [0.15, 0.2) is 0 Å². The molecule has 0 aromatic heterocycles. The Kier molecular flexibility index (Phi) is 10.7. The van der Waals surface area contributed by atoms with Crippen molar-refractivity contribution in [2.24, 2.45) is 139 Å². The van der Waals surface area contributed by atoms with Crippen LogP contribution in [0.25, 0.3) is 0 Å². The van der Waals surface area contributed by atoms with Crippen LogP contribution in [0.3, 0.4) is 0 Å². The van der Waals surface area contributed by atoms with E-state index in [0.717, 1.165) is 107 Å². The minimum Gasteiger partial charge on any atom is -0.0651 e. The van der Waals surface area contributed by atoms with Crippen LogP contribution in [0.1, 0.15) is 202 Å². The van der Waals surface area contributed by atoms with Crippen molar-refractivity contribution in [2.45, 2.75) is 202 Å². The van der Waals surface area contributed by atoms with Crippen molar-refractivity contribution in [3.63, 3.8) is 0 Å². The van der Waals surface area contributed by atoms with Crippen LogP contribution in [0, 0.1) is 139 Å². The maximum atomic E-state index is 2.57. The highest BCUT2D eigenvalue weighted by molar-refractivity contribution is 5.19. The maximum Gasteiger partial charge on any atom is -0.0269 e. The summed E-state index contributed by atoms with van der Waals surface area (Å²) in [6, 6.07) is 0. The van der Waals surface area contributed by atoms with Crippen molar-refractivity contribution in [1.29, 1.82) is 0 Å². The third-order valence-corrected chi connectivity index (χ3v) is 24.4. The lowest BCUT2D eigenvalue weighted by molar-refractivity contribution is -0.0403. The Bertz CT molecular complexity index is 1080. The van der Waals surface area contributed by atoms with Crippen LogP contribution < -0.4 is 0 Å². The zero-order chi connectivity index (χ0) is 39.9. The summed E-state index contributed by atoms with van der Waals surface area (Å²) in [7, 11) is 0. The molecular weight excluding hydrogens is 649 g/mol. The third-order valence-electron chi connectivity index (χ3n) is 24.4. The van der Waals surface area contributed by atoms with Crippen LogP contribution in [-0.4, -0.2) is 0 Å². The Balaban J connectivity index is 0.000000125. The summed E-state index contributed by atoms with van der Waals surface area (Å²) in [4.78, 5) is 0. The topological polar surface area (TPSA) is 0 Å². The van der Waals surface area contributed by atoms with Crippen LogP contribution in [0.5, 0.6) is 0 Å². The van der Waals surface area contributed by atoms with Crippen LogP contribution >= 0.6 is 0 Å². The predicted molar refractivity (Wildman–Crippen MR) is 235 cm³/mol. The molecule has 18 atom stereocenters. The van der Waals surface area contributed by atoms with Crippen molar-refractivity contribution in [3.8, 4) is 0 Å². The van der Waals surface area contributed by atoms with Gasteiger partial charge in [-0.3, -0.25) is 0 Å². The summed E-state index contributed by atoms with van der Waals surface area (Å²) in [6.07, 6.45) is 17.8. The van der Waals surface area contributed by atoms with Crippen molar-refractivity contribution in [1.82, 2.24) is 0 Å². The van der Waals surface area contributed by atoms with Gasteiger partial charge in [0, 0.05) is 0 Å². The number of fused-ring (bicyclic) bond motifs is 15. The molecule has 6 bridgehead atoms. The fourth-order valence-electron chi connectivity index (χ4n) is 19.5. The predicted octanol–water partition coefficient (Wildman–Crippen LogP) is 16.1. The number of hydrogen-bond acceptors (Lipinski definition) is 0. The molecule has 9 aliphatic carbocycles. The van der Waals surface area contributed by atoms with Crippen molar-refractivity contribution >= 4 is 0 Å². The fraction of sp³-hybridized carbons (Fsp3) is 1.00. The Morgan fingerprint density at radius 3 is 0.481 bits per heavy atom. The molecule has 312 valence electrons. The molecule has 0 heterocycles. The van der Waals surface area contributed by atoms with E-state index in [1.165, 1.54) is 38.5 Å². The molecule has 0 aromatic carbocycles.